The molecule has 4 aromatic rings. The van der Waals surface area contributed by atoms with Gasteiger partial charge in [-0.15, -0.1) is 0 Å². The molecule has 0 bridgehead atoms. The molecule has 6 heteroatoms. The number of likely N-dealkylation sites (tertiary alicyclic amines) is 1. The number of carbonyl (C=O) groups is 2. The van der Waals surface area contributed by atoms with E-state index in [-0.39, 0.29) is 18.4 Å². The molecule has 1 fully saturated rings. The molecule has 0 unspecified atom stereocenters. The summed E-state index contributed by atoms with van der Waals surface area (Å²) in [5, 5.41) is 13.6. The number of carboxylic acids is 1. The Labute approximate surface area is 258 Å². The van der Waals surface area contributed by atoms with Gasteiger partial charge < -0.3 is 10.4 Å². The Hall–Kier alpha value is -4.81. The Morgan fingerprint density at radius 3 is 2.43 bits per heavy atom. The lowest BCUT2D eigenvalue weighted by Crippen LogP contribution is -2.39. The molecule has 0 spiro atoms. The first kappa shape index (κ1) is 29.3. The second-order valence-corrected chi connectivity index (χ2v) is 11.6. The highest BCUT2D eigenvalue weighted by molar-refractivity contribution is 6.17. The highest BCUT2D eigenvalue weighted by atomic mass is 16.4. The number of fused-ring (bicyclic) bond motifs is 1. The van der Waals surface area contributed by atoms with E-state index in [9.17, 15) is 14.7 Å². The zero-order chi connectivity index (χ0) is 30.5. The van der Waals surface area contributed by atoms with E-state index in [0.29, 0.717) is 17.0 Å². The molecule has 2 aliphatic rings. The van der Waals surface area contributed by atoms with Gasteiger partial charge >= 0.3 is 5.97 Å². The Morgan fingerprint density at radius 2 is 1.66 bits per heavy atom. The minimum absolute atomic E-state index is 0.0590. The number of anilines is 1. The van der Waals surface area contributed by atoms with Crippen LogP contribution >= 0.6 is 0 Å². The van der Waals surface area contributed by atoms with Crippen molar-refractivity contribution in [2.24, 2.45) is 4.99 Å². The minimum atomic E-state index is -0.998. The van der Waals surface area contributed by atoms with Crippen molar-refractivity contribution in [2.45, 2.75) is 51.2 Å². The Kier molecular flexibility index (Phi) is 8.80. The average molecular weight is 584 g/mol. The molecule has 0 radical (unpaired) electrons. The smallest absolute Gasteiger partial charge is 0.328 e. The van der Waals surface area contributed by atoms with Gasteiger partial charge in [0.15, 0.2) is 6.04 Å². The van der Waals surface area contributed by atoms with Gasteiger partial charge in [-0.3, -0.25) is 14.7 Å². The highest BCUT2D eigenvalue weighted by Crippen LogP contribution is 2.34. The number of aliphatic imine (C=N–C) groups is 1. The largest absolute Gasteiger partial charge is 0.480 e. The van der Waals surface area contributed by atoms with Crippen molar-refractivity contribution in [1.29, 1.82) is 0 Å². The Bertz CT molecular complexity index is 1710. The number of amides is 1. The van der Waals surface area contributed by atoms with E-state index in [0.717, 1.165) is 54.6 Å². The summed E-state index contributed by atoms with van der Waals surface area (Å²) < 4.78 is 0. The quantitative estimate of drug-likeness (QED) is 0.199. The van der Waals surface area contributed by atoms with Gasteiger partial charge in [0.25, 0.3) is 0 Å². The van der Waals surface area contributed by atoms with Gasteiger partial charge in [-0.2, -0.15) is 0 Å². The third kappa shape index (κ3) is 6.41. The third-order valence-electron chi connectivity index (χ3n) is 8.61. The SMILES string of the molecule is Cc1cccc2c1C(C[C@H](N=C(c1ccccc1)c1ccccc1NC(=O)[C@@H]1CCCN1Cc1ccccc1)C(=O)O)=CC2. The van der Waals surface area contributed by atoms with Crippen LogP contribution in [0.5, 0.6) is 0 Å². The number of nitrogens with one attached hydrogen (secondary N) is 1. The monoisotopic (exact) mass is 583 g/mol. The first-order valence-electron chi connectivity index (χ1n) is 15.3. The molecule has 1 heterocycles. The number of carboxylic acid groups (broad SMARTS) is 1. The zero-order valence-corrected chi connectivity index (χ0v) is 24.9. The van der Waals surface area contributed by atoms with Crippen LogP contribution < -0.4 is 5.32 Å². The van der Waals surface area contributed by atoms with Gasteiger partial charge in [0.05, 0.1) is 17.4 Å². The van der Waals surface area contributed by atoms with Crippen LogP contribution in [0.15, 0.2) is 114 Å². The highest BCUT2D eigenvalue weighted by Gasteiger charge is 2.31. The van der Waals surface area contributed by atoms with E-state index < -0.39 is 12.0 Å². The normalized spacial score (nSPS) is 17.2. The lowest BCUT2D eigenvalue weighted by molar-refractivity contribution is -0.138. The fraction of sp³-hybridized carbons (Fsp3) is 0.237. The number of hydrogen-bond acceptors (Lipinski definition) is 4. The van der Waals surface area contributed by atoms with Crippen molar-refractivity contribution in [3.63, 3.8) is 0 Å². The zero-order valence-electron chi connectivity index (χ0n) is 24.9. The van der Waals surface area contributed by atoms with E-state index in [4.69, 9.17) is 4.99 Å². The molecule has 6 nitrogen and oxygen atoms in total. The van der Waals surface area contributed by atoms with Crippen molar-refractivity contribution in [1.82, 2.24) is 4.90 Å². The number of aryl methyl sites for hydroxylation is 1. The van der Waals surface area contributed by atoms with E-state index in [1.807, 2.05) is 78.9 Å². The van der Waals surface area contributed by atoms with Crippen LogP contribution in [0.25, 0.3) is 5.57 Å². The summed E-state index contributed by atoms with van der Waals surface area (Å²) in [4.78, 5) is 33.6. The summed E-state index contributed by atoms with van der Waals surface area (Å²) in [6.45, 7) is 3.65. The number of nitrogens with zero attached hydrogens (tertiary/aromatic N) is 2. The molecular weight excluding hydrogens is 546 g/mol. The van der Waals surface area contributed by atoms with Gasteiger partial charge in [-0.25, -0.2) is 4.79 Å². The standard InChI is InChI=1S/C38H37N3O3/c1-26-12-10-17-28-21-22-30(35(26)28)24-33(38(43)44)39-36(29-15-6-3-7-16-29)31-18-8-9-19-32(31)40-37(42)34-20-11-23-41(34)25-27-13-4-2-5-14-27/h2-10,12-19,22,33-34H,11,20-21,23-25H2,1H3,(H,40,42)(H,43,44)/t33-,34-/m0/s1. The first-order valence-corrected chi connectivity index (χ1v) is 15.3. The predicted molar refractivity (Wildman–Crippen MR) is 176 cm³/mol. The number of carbonyl (C=O) groups excluding carboxylic acids is 1. The summed E-state index contributed by atoms with van der Waals surface area (Å²) in [6.07, 6.45) is 4.96. The predicted octanol–water partition coefficient (Wildman–Crippen LogP) is 6.92. The molecule has 4 aromatic carbocycles. The van der Waals surface area contributed by atoms with Crippen LogP contribution in [0.3, 0.4) is 0 Å². The molecule has 1 aliphatic heterocycles. The summed E-state index contributed by atoms with van der Waals surface area (Å²) in [5.41, 5.74) is 8.36. The number of allylic oxidation sites excluding steroid dienone is 1. The first-order chi connectivity index (χ1) is 21.5. The molecule has 2 N–H and O–H groups in total. The number of para-hydroxylation sites is 1. The maximum Gasteiger partial charge on any atom is 0.328 e. The van der Waals surface area contributed by atoms with Crippen LogP contribution in [0.4, 0.5) is 5.69 Å². The topological polar surface area (TPSA) is 82.0 Å². The molecule has 2 atom stereocenters. The van der Waals surface area contributed by atoms with E-state index >= 15 is 0 Å². The van der Waals surface area contributed by atoms with Crippen LogP contribution in [0.1, 0.15) is 52.6 Å². The maximum atomic E-state index is 13.7. The molecular formula is C38H37N3O3. The van der Waals surface area contributed by atoms with E-state index in [2.05, 4.69) is 47.5 Å². The van der Waals surface area contributed by atoms with Crippen molar-refractivity contribution >= 4 is 28.8 Å². The fourth-order valence-corrected chi connectivity index (χ4v) is 6.47. The molecule has 0 saturated carbocycles. The van der Waals surface area contributed by atoms with E-state index in [1.165, 1.54) is 11.1 Å². The van der Waals surface area contributed by atoms with Gasteiger partial charge in [0.1, 0.15) is 0 Å². The van der Waals surface area contributed by atoms with Crippen LogP contribution in [0, 0.1) is 6.92 Å². The summed E-state index contributed by atoms with van der Waals surface area (Å²) in [7, 11) is 0. The molecule has 1 amide bonds. The molecule has 6 rings (SSSR count). The van der Waals surface area contributed by atoms with Crippen LogP contribution in [-0.4, -0.2) is 46.2 Å². The third-order valence-corrected chi connectivity index (χ3v) is 8.61. The Morgan fingerprint density at radius 1 is 0.932 bits per heavy atom. The second kappa shape index (κ2) is 13.2. The molecule has 1 aliphatic carbocycles. The minimum Gasteiger partial charge on any atom is -0.480 e. The van der Waals surface area contributed by atoms with Crippen LogP contribution in [-0.2, 0) is 22.6 Å². The number of aliphatic carboxylic acids is 1. The lowest BCUT2D eigenvalue weighted by atomic mass is 9.95. The van der Waals surface area contributed by atoms with Crippen LogP contribution in [0.2, 0.25) is 0 Å². The number of rotatable bonds is 10. The Balaban J connectivity index is 1.31. The van der Waals surface area contributed by atoms with Crippen molar-refractivity contribution < 1.29 is 14.7 Å². The van der Waals surface area contributed by atoms with E-state index in [1.54, 1.807) is 0 Å². The van der Waals surface area contributed by atoms with Gasteiger partial charge in [-0.05, 0) is 66.6 Å². The maximum absolute atomic E-state index is 13.7. The van der Waals surface area contributed by atoms with Crippen molar-refractivity contribution in [3.05, 3.63) is 143 Å². The fourth-order valence-electron chi connectivity index (χ4n) is 6.47. The molecule has 44 heavy (non-hydrogen) atoms. The molecule has 0 aromatic heterocycles. The summed E-state index contributed by atoms with van der Waals surface area (Å²) >= 11 is 0. The number of hydrogen-bond donors (Lipinski definition) is 2. The molecule has 222 valence electrons. The van der Waals surface area contributed by atoms with Crippen molar-refractivity contribution in [2.75, 3.05) is 11.9 Å². The summed E-state index contributed by atoms with van der Waals surface area (Å²) in [5.74, 6) is -1.04. The lowest BCUT2D eigenvalue weighted by Gasteiger charge is -2.24. The number of benzene rings is 4. The van der Waals surface area contributed by atoms with Crippen molar-refractivity contribution in [3.8, 4) is 0 Å². The molecule has 1 saturated heterocycles. The van der Waals surface area contributed by atoms with Gasteiger partial charge in [-0.1, -0.05) is 103 Å². The average Bonchev–Trinajstić information content (AvgIpc) is 3.68. The van der Waals surface area contributed by atoms with Gasteiger partial charge in [0.2, 0.25) is 5.91 Å². The van der Waals surface area contributed by atoms with Gasteiger partial charge in [0, 0.05) is 24.1 Å². The second-order valence-electron chi connectivity index (χ2n) is 11.6. The summed E-state index contributed by atoms with van der Waals surface area (Å²) in [6, 6.07) is 32.4.